The summed E-state index contributed by atoms with van der Waals surface area (Å²) in [7, 11) is 1.24. The van der Waals surface area contributed by atoms with Crippen LogP contribution >= 0.6 is 31.3 Å². The zero-order chi connectivity index (χ0) is 11.4. The molecule has 1 aromatic carbocycles. The third-order valence-corrected chi connectivity index (χ3v) is 6.65. The monoisotopic (exact) mass is 273 g/mol. The maximum atomic E-state index is 5.16. The van der Waals surface area contributed by atoms with Gasteiger partial charge in [-0.2, -0.15) is 11.8 Å². The molecule has 1 aromatic rings. The van der Waals surface area contributed by atoms with E-state index in [1.807, 2.05) is 23.9 Å². The number of thiol groups is 1. The number of ether oxygens (including phenoxy) is 1. The Labute approximate surface area is 108 Å². The first-order valence-electron chi connectivity index (χ1n) is 5.27. The molecule has 2 nitrogen and oxygen atoms in total. The van der Waals surface area contributed by atoms with Crippen molar-refractivity contribution in [2.45, 2.75) is 0 Å². The Kier molecular flexibility index (Phi) is 4.83. The number of methoxy groups -OCH3 is 1. The highest BCUT2D eigenvalue weighted by Gasteiger charge is 2.19. The summed E-state index contributed by atoms with van der Waals surface area (Å²) in [5.41, 5.74) is 0. The predicted molar refractivity (Wildman–Crippen MR) is 77.4 cm³/mol. The van der Waals surface area contributed by atoms with E-state index in [9.17, 15) is 0 Å². The Balaban J connectivity index is 2.04. The Bertz CT molecular complexity index is 327. The van der Waals surface area contributed by atoms with Gasteiger partial charge in [0.15, 0.2) is 0 Å². The first kappa shape index (κ1) is 12.6. The fourth-order valence-electron chi connectivity index (χ4n) is 1.62. The van der Waals surface area contributed by atoms with Gasteiger partial charge in [-0.25, -0.2) is 0 Å². The van der Waals surface area contributed by atoms with Crippen LogP contribution in [-0.4, -0.2) is 36.4 Å². The fraction of sp³-hybridized carbons (Fsp3) is 0.455. The molecule has 0 radical (unpaired) electrons. The van der Waals surface area contributed by atoms with Crippen LogP contribution in [0, 0.1) is 0 Å². The normalized spacial score (nSPS) is 19.4. The Morgan fingerprint density at radius 1 is 1.25 bits per heavy atom. The highest BCUT2D eigenvalue weighted by Crippen LogP contribution is 2.44. The van der Waals surface area contributed by atoms with Gasteiger partial charge in [0.2, 0.25) is 0 Å². The number of hydrogen-bond donors (Lipinski definition) is 1. The highest BCUT2D eigenvalue weighted by atomic mass is 32.7. The Morgan fingerprint density at radius 3 is 2.44 bits per heavy atom. The standard InChI is InChI=1S/C11H16NOPS2/c1-13-10-2-4-11(5-3-10)14(15)12-6-8-16-9-7-12/h2-5,15H,6-9H2,1H3. The smallest absolute Gasteiger partial charge is 0.118 e. The third kappa shape index (κ3) is 3.07. The lowest BCUT2D eigenvalue weighted by molar-refractivity contribution is 0.415. The molecule has 1 unspecified atom stereocenters. The van der Waals surface area contributed by atoms with Crippen LogP contribution in [0.15, 0.2) is 24.3 Å². The maximum absolute atomic E-state index is 5.16. The van der Waals surface area contributed by atoms with Crippen LogP contribution < -0.4 is 10.0 Å². The number of rotatable bonds is 3. The van der Waals surface area contributed by atoms with E-state index < -0.39 is 7.27 Å². The van der Waals surface area contributed by atoms with Gasteiger partial charge in [0.1, 0.15) is 5.75 Å². The lowest BCUT2D eigenvalue weighted by atomic mass is 10.3. The molecule has 1 aliphatic heterocycles. The zero-order valence-electron chi connectivity index (χ0n) is 9.30. The summed E-state index contributed by atoms with van der Waals surface area (Å²) in [6.07, 6.45) is 0. The molecule has 5 heteroatoms. The summed E-state index contributed by atoms with van der Waals surface area (Å²) in [5.74, 6) is 3.38. The van der Waals surface area contributed by atoms with Crippen LogP contribution in [0.2, 0.25) is 0 Å². The lowest BCUT2D eigenvalue weighted by Crippen LogP contribution is -2.29. The van der Waals surface area contributed by atoms with E-state index >= 15 is 0 Å². The van der Waals surface area contributed by atoms with Crippen molar-refractivity contribution in [2.75, 3.05) is 31.7 Å². The Hall–Kier alpha value is 0.110. The summed E-state index contributed by atoms with van der Waals surface area (Å²) in [4.78, 5) is 0. The molecule has 88 valence electrons. The van der Waals surface area contributed by atoms with Gasteiger partial charge >= 0.3 is 0 Å². The molecular formula is C11H16NOPS2. The van der Waals surface area contributed by atoms with Crippen LogP contribution in [0.1, 0.15) is 0 Å². The summed E-state index contributed by atoms with van der Waals surface area (Å²) in [6, 6.07) is 8.28. The minimum Gasteiger partial charge on any atom is -0.497 e. The van der Waals surface area contributed by atoms with Gasteiger partial charge in [0.05, 0.1) is 14.4 Å². The molecule has 0 amide bonds. The van der Waals surface area contributed by atoms with E-state index in [1.54, 1.807) is 7.11 Å². The first-order valence-corrected chi connectivity index (χ1v) is 8.87. The van der Waals surface area contributed by atoms with Crippen LogP contribution in [0.4, 0.5) is 0 Å². The summed E-state index contributed by atoms with van der Waals surface area (Å²) in [5, 5.41) is 1.31. The molecular weight excluding hydrogens is 257 g/mol. The molecule has 1 saturated heterocycles. The summed E-state index contributed by atoms with van der Waals surface area (Å²) >= 11 is 6.80. The molecule has 0 aliphatic carbocycles. The Morgan fingerprint density at radius 2 is 1.88 bits per heavy atom. The molecule has 0 spiro atoms. The molecule has 1 atom stereocenters. The van der Waals surface area contributed by atoms with Crippen molar-refractivity contribution in [2.24, 2.45) is 0 Å². The van der Waals surface area contributed by atoms with Crippen molar-refractivity contribution in [3.63, 3.8) is 0 Å². The topological polar surface area (TPSA) is 12.5 Å². The van der Waals surface area contributed by atoms with Gasteiger partial charge in [0.25, 0.3) is 0 Å². The molecule has 1 heterocycles. The average Bonchev–Trinajstić information content (AvgIpc) is 2.39. The minimum absolute atomic E-state index is 0.452. The number of benzene rings is 1. The molecule has 1 aliphatic rings. The quantitative estimate of drug-likeness (QED) is 0.672. The van der Waals surface area contributed by atoms with Gasteiger partial charge in [-0.3, -0.25) is 4.67 Å². The third-order valence-electron chi connectivity index (χ3n) is 2.56. The molecule has 0 saturated carbocycles. The second-order valence-electron chi connectivity index (χ2n) is 3.55. The average molecular weight is 273 g/mol. The molecule has 0 aromatic heterocycles. The molecule has 0 bridgehead atoms. The molecule has 2 rings (SSSR count). The summed E-state index contributed by atoms with van der Waals surface area (Å²) in [6.45, 7) is 2.32. The molecule has 0 N–H and O–H groups in total. The van der Waals surface area contributed by atoms with E-state index in [1.165, 1.54) is 16.8 Å². The van der Waals surface area contributed by atoms with Crippen LogP contribution in [0.5, 0.6) is 5.75 Å². The van der Waals surface area contributed by atoms with Crippen molar-refractivity contribution in [1.29, 1.82) is 0 Å². The van der Waals surface area contributed by atoms with Gasteiger partial charge in [-0.15, -0.1) is 12.2 Å². The van der Waals surface area contributed by atoms with Crippen LogP contribution in [0.25, 0.3) is 0 Å². The number of hydrogen-bond acceptors (Lipinski definition) is 4. The van der Waals surface area contributed by atoms with Crippen molar-refractivity contribution in [3.8, 4) is 5.75 Å². The van der Waals surface area contributed by atoms with Crippen molar-refractivity contribution in [3.05, 3.63) is 24.3 Å². The second-order valence-corrected chi connectivity index (χ2v) is 7.58. The van der Waals surface area contributed by atoms with Crippen LogP contribution in [-0.2, 0) is 0 Å². The zero-order valence-corrected chi connectivity index (χ0v) is 11.9. The lowest BCUT2D eigenvalue weighted by Gasteiger charge is -2.31. The second kappa shape index (κ2) is 6.15. The van der Waals surface area contributed by atoms with E-state index in [0.29, 0.717) is 0 Å². The fourth-order valence-corrected chi connectivity index (χ4v) is 5.05. The van der Waals surface area contributed by atoms with Gasteiger partial charge < -0.3 is 4.74 Å². The van der Waals surface area contributed by atoms with E-state index in [2.05, 4.69) is 16.8 Å². The van der Waals surface area contributed by atoms with E-state index in [0.717, 1.165) is 18.8 Å². The largest absolute Gasteiger partial charge is 0.497 e. The van der Waals surface area contributed by atoms with Crippen molar-refractivity contribution < 1.29 is 4.74 Å². The summed E-state index contributed by atoms with van der Waals surface area (Å²) < 4.78 is 7.64. The number of nitrogens with zero attached hydrogens (tertiary/aromatic N) is 1. The highest BCUT2D eigenvalue weighted by molar-refractivity contribution is 8.47. The molecule has 16 heavy (non-hydrogen) atoms. The minimum atomic E-state index is -0.452. The maximum Gasteiger partial charge on any atom is 0.118 e. The molecule has 1 fully saturated rings. The van der Waals surface area contributed by atoms with Gasteiger partial charge in [-0.1, -0.05) is 0 Å². The first-order chi connectivity index (χ1) is 7.81. The van der Waals surface area contributed by atoms with Crippen molar-refractivity contribution >= 4 is 36.6 Å². The SMILES string of the molecule is COc1ccc(P(S)N2CCSCC2)cc1. The van der Waals surface area contributed by atoms with E-state index in [4.69, 9.17) is 17.0 Å². The predicted octanol–water partition coefficient (Wildman–Crippen LogP) is 2.61. The van der Waals surface area contributed by atoms with Crippen LogP contribution in [0.3, 0.4) is 0 Å². The number of thioether (sulfide) groups is 1. The van der Waals surface area contributed by atoms with E-state index in [-0.39, 0.29) is 0 Å². The van der Waals surface area contributed by atoms with Gasteiger partial charge in [0, 0.05) is 29.9 Å². The van der Waals surface area contributed by atoms with Gasteiger partial charge in [-0.05, 0) is 24.3 Å². The van der Waals surface area contributed by atoms with Crippen molar-refractivity contribution in [1.82, 2.24) is 4.67 Å².